The van der Waals surface area contributed by atoms with Gasteiger partial charge >= 0.3 is 5.97 Å². The molecule has 5 nitrogen and oxygen atoms in total. The lowest BCUT2D eigenvalue weighted by atomic mass is 9.95. The smallest absolute Gasteiger partial charge is 0.306 e. The zero-order valence-corrected chi connectivity index (χ0v) is 16.8. The average molecular weight is 415 g/mol. The van der Waals surface area contributed by atoms with Gasteiger partial charge in [0, 0.05) is 16.0 Å². The molecule has 1 amide bonds. The van der Waals surface area contributed by atoms with E-state index in [0.29, 0.717) is 22.3 Å². The number of benzene rings is 2. The third-order valence-corrected chi connectivity index (χ3v) is 5.31. The number of carbonyl (C=O) groups excluding carboxylic acids is 2. The number of thiazole rings is 1. The maximum atomic E-state index is 12.8. The van der Waals surface area contributed by atoms with Crippen molar-refractivity contribution in [1.29, 1.82) is 0 Å². The van der Waals surface area contributed by atoms with Gasteiger partial charge < -0.3 is 10.1 Å². The molecular formula is C21H19ClN2O3S. The molecule has 3 rings (SSSR count). The Kier molecular flexibility index (Phi) is 6.79. The van der Waals surface area contributed by atoms with Gasteiger partial charge in [0.2, 0.25) is 5.91 Å². The van der Waals surface area contributed by atoms with E-state index in [4.69, 9.17) is 16.3 Å². The molecule has 3 aromatic rings. The first-order valence-electron chi connectivity index (χ1n) is 8.69. The Hall–Kier alpha value is -2.70. The summed E-state index contributed by atoms with van der Waals surface area (Å²) in [6.07, 6.45) is 0.435. The van der Waals surface area contributed by atoms with Gasteiger partial charge in [-0.05, 0) is 18.1 Å². The zero-order chi connectivity index (χ0) is 19.9. The number of aromatic nitrogens is 1. The number of hydrogen-bond donors (Lipinski definition) is 1. The van der Waals surface area contributed by atoms with Crippen LogP contribution in [0.3, 0.4) is 0 Å². The molecule has 7 heteroatoms. The Bertz CT molecular complexity index is 959. The molecule has 0 aliphatic heterocycles. The van der Waals surface area contributed by atoms with E-state index >= 15 is 0 Å². The first-order chi connectivity index (χ1) is 13.6. The van der Waals surface area contributed by atoms with E-state index in [2.05, 4.69) is 10.3 Å². The molecule has 1 atom stereocenters. The van der Waals surface area contributed by atoms with Gasteiger partial charge in [-0.1, -0.05) is 60.1 Å². The van der Waals surface area contributed by atoms with Crippen molar-refractivity contribution in [3.63, 3.8) is 0 Å². The van der Waals surface area contributed by atoms with Gasteiger partial charge in [-0.25, -0.2) is 4.98 Å². The van der Waals surface area contributed by atoms with Crippen LogP contribution in [0.25, 0.3) is 11.3 Å². The predicted octanol–water partition coefficient (Wildman–Crippen LogP) is 4.82. The van der Waals surface area contributed by atoms with Crippen molar-refractivity contribution in [2.45, 2.75) is 12.8 Å². The van der Waals surface area contributed by atoms with Crippen LogP contribution in [-0.2, 0) is 20.7 Å². The maximum Gasteiger partial charge on any atom is 0.306 e. The van der Waals surface area contributed by atoms with Crippen molar-refractivity contribution in [2.75, 3.05) is 12.4 Å². The lowest BCUT2D eigenvalue weighted by molar-refractivity contribution is -0.143. The van der Waals surface area contributed by atoms with Crippen LogP contribution in [0.5, 0.6) is 0 Å². The third-order valence-electron chi connectivity index (χ3n) is 4.22. The number of methoxy groups -OCH3 is 1. The number of halogens is 1. The summed E-state index contributed by atoms with van der Waals surface area (Å²) in [5.41, 5.74) is 2.47. The van der Waals surface area contributed by atoms with E-state index in [-0.39, 0.29) is 12.3 Å². The van der Waals surface area contributed by atoms with Crippen LogP contribution in [0, 0.1) is 5.92 Å². The average Bonchev–Trinajstić information content (AvgIpc) is 3.16. The molecule has 1 N–H and O–H groups in total. The van der Waals surface area contributed by atoms with Crippen molar-refractivity contribution >= 4 is 39.9 Å². The minimum Gasteiger partial charge on any atom is -0.469 e. The van der Waals surface area contributed by atoms with Crippen LogP contribution in [-0.4, -0.2) is 24.0 Å². The number of esters is 1. The second-order valence-electron chi connectivity index (χ2n) is 6.17. The van der Waals surface area contributed by atoms with Crippen molar-refractivity contribution in [1.82, 2.24) is 4.98 Å². The normalized spacial score (nSPS) is 11.6. The van der Waals surface area contributed by atoms with E-state index in [0.717, 1.165) is 11.1 Å². The highest BCUT2D eigenvalue weighted by molar-refractivity contribution is 7.14. The highest BCUT2D eigenvalue weighted by Crippen LogP contribution is 2.30. The standard InChI is InChI=1S/C21H19ClN2O3S/c1-27-19(25)12-15(11-14-7-3-2-4-8-14)20(26)24-21-23-18(13-28-21)16-9-5-6-10-17(16)22/h2-10,13,15H,11-12H2,1H3,(H,23,24,26). The SMILES string of the molecule is COC(=O)CC(Cc1ccccc1)C(=O)Nc1nc(-c2ccccc2Cl)cs1. The molecule has 0 spiro atoms. The van der Waals surface area contributed by atoms with Crippen LogP contribution in [0.15, 0.2) is 60.0 Å². The van der Waals surface area contributed by atoms with E-state index < -0.39 is 11.9 Å². The fourth-order valence-electron chi connectivity index (χ4n) is 2.77. The Labute approximate surface area is 172 Å². The van der Waals surface area contributed by atoms with Crippen LogP contribution in [0.4, 0.5) is 5.13 Å². The zero-order valence-electron chi connectivity index (χ0n) is 15.2. The summed E-state index contributed by atoms with van der Waals surface area (Å²) >= 11 is 7.53. The molecule has 2 aromatic carbocycles. The third kappa shape index (κ3) is 5.18. The topological polar surface area (TPSA) is 68.3 Å². The summed E-state index contributed by atoms with van der Waals surface area (Å²) in [7, 11) is 1.32. The minimum absolute atomic E-state index is 0.0000264. The van der Waals surface area contributed by atoms with Gasteiger partial charge in [-0.3, -0.25) is 9.59 Å². The molecule has 0 saturated heterocycles. The van der Waals surface area contributed by atoms with Gasteiger partial charge in [-0.2, -0.15) is 0 Å². The van der Waals surface area contributed by atoms with E-state index in [1.54, 1.807) is 6.07 Å². The number of hydrogen-bond acceptors (Lipinski definition) is 5. The molecular weight excluding hydrogens is 396 g/mol. The summed E-state index contributed by atoms with van der Waals surface area (Å²) in [6.45, 7) is 0. The molecule has 0 saturated carbocycles. The molecule has 0 aliphatic rings. The van der Waals surface area contributed by atoms with Crippen molar-refractivity contribution in [2.24, 2.45) is 5.92 Å². The number of nitrogens with one attached hydrogen (secondary N) is 1. The van der Waals surface area contributed by atoms with E-state index in [1.165, 1.54) is 18.4 Å². The van der Waals surface area contributed by atoms with Gasteiger partial charge in [0.25, 0.3) is 0 Å². The number of amides is 1. The Morgan fingerprint density at radius 2 is 1.86 bits per heavy atom. The predicted molar refractivity (Wildman–Crippen MR) is 111 cm³/mol. The quantitative estimate of drug-likeness (QED) is 0.562. The summed E-state index contributed by atoms with van der Waals surface area (Å²) < 4.78 is 4.75. The Morgan fingerprint density at radius 1 is 1.14 bits per heavy atom. The first kappa shape index (κ1) is 20.0. The number of rotatable bonds is 7. The van der Waals surface area contributed by atoms with Crippen LogP contribution >= 0.6 is 22.9 Å². The highest BCUT2D eigenvalue weighted by Gasteiger charge is 2.24. The second-order valence-corrected chi connectivity index (χ2v) is 7.44. The molecule has 1 heterocycles. The number of ether oxygens (including phenoxy) is 1. The largest absolute Gasteiger partial charge is 0.469 e. The van der Waals surface area contributed by atoms with E-state index in [1.807, 2.05) is 53.9 Å². The summed E-state index contributed by atoms with van der Waals surface area (Å²) in [4.78, 5) is 29.0. The molecule has 0 fully saturated rings. The minimum atomic E-state index is -0.553. The Morgan fingerprint density at radius 3 is 2.57 bits per heavy atom. The fourth-order valence-corrected chi connectivity index (χ4v) is 3.72. The lowest BCUT2D eigenvalue weighted by Crippen LogP contribution is -2.27. The lowest BCUT2D eigenvalue weighted by Gasteiger charge is -2.15. The molecule has 0 bridgehead atoms. The number of anilines is 1. The number of carbonyl (C=O) groups is 2. The summed E-state index contributed by atoms with van der Waals surface area (Å²) in [5.74, 6) is -1.25. The molecule has 0 aliphatic carbocycles. The fraction of sp³-hybridized carbons (Fsp3) is 0.190. The molecule has 144 valence electrons. The molecule has 28 heavy (non-hydrogen) atoms. The molecule has 1 unspecified atom stereocenters. The van der Waals surface area contributed by atoms with Crippen molar-refractivity contribution in [3.05, 3.63) is 70.6 Å². The molecule has 1 aromatic heterocycles. The summed E-state index contributed by atoms with van der Waals surface area (Å²) in [6, 6.07) is 17.0. The monoisotopic (exact) mass is 414 g/mol. The van der Waals surface area contributed by atoms with E-state index in [9.17, 15) is 9.59 Å². The maximum absolute atomic E-state index is 12.8. The first-order valence-corrected chi connectivity index (χ1v) is 9.94. The molecule has 0 radical (unpaired) electrons. The summed E-state index contributed by atoms with van der Waals surface area (Å²) in [5, 5.41) is 5.71. The Balaban J connectivity index is 1.74. The van der Waals surface area contributed by atoms with Crippen LogP contribution in [0.1, 0.15) is 12.0 Å². The van der Waals surface area contributed by atoms with Gasteiger partial charge in [0.1, 0.15) is 0 Å². The second kappa shape index (κ2) is 9.48. The van der Waals surface area contributed by atoms with Crippen LogP contribution in [0.2, 0.25) is 5.02 Å². The van der Waals surface area contributed by atoms with Crippen molar-refractivity contribution < 1.29 is 14.3 Å². The van der Waals surface area contributed by atoms with Gasteiger partial charge in [0.15, 0.2) is 5.13 Å². The number of nitrogens with zero attached hydrogens (tertiary/aromatic N) is 1. The highest BCUT2D eigenvalue weighted by atomic mass is 35.5. The van der Waals surface area contributed by atoms with Crippen molar-refractivity contribution in [3.8, 4) is 11.3 Å². The van der Waals surface area contributed by atoms with Gasteiger partial charge in [0.05, 0.1) is 25.1 Å². The van der Waals surface area contributed by atoms with Gasteiger partial charge in [-0.15, -0.1) is 11.3 Å². The van der Waals surface area contributed by atoms with Crippen LogP contribution < -0.4 is 5.32 Å².